The minimum absolute atomic E-state index is 0.0282. The van der Waals surface area contributed by atoms with Gasteiger partial charge in [0.1, 0.15) is 17.7 Å². The van der Waals surface area contributed by atoms with Crippen LogP contribution in [0.4, 0.5) is 8.78 Å². The van der Waals surface area contributed by atoms with Gasteiger partial charge in [-0.2, -0.15) is 5.26 Å². The van der Waals surface area contributed by atoms with E-state index in [1.807, 2.05) is 30.3 Å². The molecule has 0 radical (unpaired) electrons. The lowest BCUT2D eigenvalue weighted by atomic mass is 9.97. The van der Waals surface area contributed by atoms with Crippen LogP contribution in [0.1, 0.15) is 53.1 Å². The van der Waals surface area contributed by atoms with Crippen LogP contribution in [0.5, 0.6) is 0 Å². The van der Waals surface area contributed by atoms with E-state index in [1.165, 1.54) is 41.7 Å². The van der Waals surface area contributed by atoms with Gasteiger partial charge >= 0.3 is 0 Å². The number of halogens is 2. The van der Waals surface area contributed by atoms with E-state index in [9.17, 15) is 4.39 Å². The first-order valence-electron chi connectivity index (χ1n) is 12.0. The van der Waals surface area contributed by atoms with Gasteiger partial charge in [0.2, 0.25) is 0 Å². The standard InChI is InChI=1S/C31H29F2N/c1-2-3-4-22-5-7-23(8-6-22)9-10-24-13-18-29-27(19-24)17-16-26(31(29)33)14-11-25-12-15-28(21-34)30(32)20-25/h5-8,12-13,15-20H,2-4,9-11,14H2,1H3. The molecule has 34 heavy (non-hydrogen) atoms. The molecular formula is C31H29F2N. The van der Waals surface area contributed by atoms with Crippen molar-refractivity contribution in [3.63, 3.8) is 0 Å². The van der Waals surface area contributed by atoms with Gasteiger partial charge in [-0.3, -0.25) is 0 Å². The van der Waals surface area contributed by atoms with E-state index in [2.05, 4.69) is 37.3 Å². The Morgan fingerprint density at radius 1 is 0.676 bits per heavy atom. The van der Waals surface area contributed by atoms with E-state index in [0.29, 0.717) is 23.8 Å². The highest BCUT2D eigenvalue weighted by molar-refractivity contribution is 5.84. The van der Waals surface area contributed by atoms with Crippen LogP contribution in [-0.2, 0) is 32.1 Å². The van der Waals surface area contributed by atoms with Crippen molar-refractivity contribution in [2.75, 3.05) is 0 Å². The second-order valence-electron chi connectivity index (χ2n) is 8.94. The highest BCUT2D eigenvalue weighted by Gasteiger charge is 2.10. The summed E-state index contributed by atoms with van der Waals surface area (Å²) in [5.41, 5.74) is 5.31. The summed E-state index contributed by atoms with van der Waals surface area (Å²) in [6.07, 6.45) is 6.44. The maximum atomic E-state index is 15.2. The van der Waals surface area contributed by atoms with Crippen LogP contribution < -0.4 is 0 Å². The van der Waals surface area contributed by atoms with Crippen LogP contribution in [0, 0.1) is 23.0 Å². The topological polar surface area (TPSA) is 23.8 Å². The van der Waals surface area contributed by atoms with E-state index in [0.717, 1.165) is 30.2 Å². The van der Waals surface area contributed by atoms with Crippen molar-refractivity contribution in [2.24, 2.45) is 0 Å². The molecule has 0 N–H and O–H groups in total. The Balaban J connectivity index is 1.41. The minimum atomic E-state index is -0.529. The van der Waals surface area contributed by atoms with Crippen LogP contribution in [-0.4, -0.2) is 0 Å². The molecule has 172 valence electrons. The van der Waals surface area contributed by atoms with Crippen molar-refractivity contribution >= 4 is 10.8 Å². The molecule has 1 nitrogen and oxygen atoms in total. The number of hydrogen-bond acceptors (Lipinski definition) is 1. The number of nitriles is 1. The van der Waals surface area contributed by atoms with E-state index >= 15 is 4.39 Å². The molecule has 0 saturated heterocycles. The molecule has 0 fully saturated rings. The SMILES string of the molecule is CCCCc1ccc(CCc2ccc3c(F)c(CCc4ccc(C#N)c(F)c4)ccc3c2)cc1. The minimum Gasteiger partial charge on any atom is -0.206 e. The fourth-order valence-electron chi connectivity index (χ4n) is 4.36. The summed E-state index contributed by atoms with van der Waals surface area (Å²) >= 11 is 0. The Hall–Kier alpha value is -3.51. The molecule has 0 saturated carbocycles. The van der Waals surface area contributed by atoms with Gasteiger partial charge in [-0.05, 0) is 83.9 Å². The predicted molar refractivity (Wildman–Crippen MR) is 135 cm³/mol. The van der Waals surface area contributed by atoms with Crippen molar-refractivity contribution in [1.82, 2.24) is 0 Å². The second kappa shape index (κ2) is 11.1. The lowest BCUT2D eigenvalue weighted by molar-refractivity contribution is 0.616. The average molecular weight is 454 g/mol. The normalized spacial score (nSPS) is 11.0. The molecule has 0 amide bonds. The number of rotatable bonds is 9. The zero-order valence-electron chi connectivity index (χ0n) is 19.6. The van der Waals surface area contributed by atoms with Gasteiger partial charge in [-0.1, -0.05) is 74.0 Å². The maximum absolute atomic E-state index is 15.2. The zero-order valence-corrected chi connectivity index (χ0v) is 19.6. The van der Waals surface area contributed by atoms with Crippen LogP contribution in [0.25, 0.3) is 10.8 Å². The van der Waals surface area contributed by atoms with E-state index < -0.39 is 5.82 Å². The van der Waals surface area contributed by atoms with Crippen molar-refractivity contribution in [1.29, 1.82) is 5.26 Å². The molecule has 0 bridgehead atoms. The molecule has 0 aliphatic carbocycles. The van der Waals surface area contributed by atoms with Crippen molar-refractivity contribution in [3.05, 3.63) is 118 Å². The molecular weight excluding hydrogens is 424 g/mol. The summed E-state index contributed by atoms with van der Waals surface area (Å²) < 4.78 is 29.0. The molecule has 0 spiro atoms. The summed E-state index contributed by atoms with van der Waals surface area (Å²) in [6, 6.07) is 25.1. The highest BCUT2D eigenvalue weighted by Crippen LogP contribution is 2.25. The molecule has 4 rings (SSSR count). The molecule has 0 aromatic heterocycles. The first-order chi connectivity index (χ1) is 16.6. The number of aryl methyl sites for hydroxylation is 5. The summed E-state index contributed by atoms with van der Waals surface area (Å²) in [4.78, 5) is 0. The quantitative estimate of drug-likeness (QED) is 0.253. The van der Waals surface area contributed by atoms with Crippen molar-refractivity contribution in [3.8, 4) is 6.07 Å². The Morgan fingerprint density at radius 2 is 1.29 bits per heavy atom. The smallest absolute Gasteiger partial charge is 0.141 e. The van der Waals surface area contributed by atoms with Gasteiger partial charge in [0, 0.05) is 5.39 Å². The molecule has 4 aromatic carbocycles. The average Bonchev–Trinajstić information content (AvgIpc) is 2.86. The summed E-state index contributed by atoms with van der Waals surface area (Å²) in [5, 5.41) is 10.4. The number of fused-ring (bicyclic) bond motifs is 1. The number of nitrogens with zero attached hydrogens (tertiary/aromatic N) is 1. The molecule has 4 aromatic rings. The largest absolute Gasteiger partial charge is 0.206 e. The Bertz CT molecular complexity index is 1320. The molecule has 0 unspecified atom stereocenters. The lowest BCUT2D eigenvalue weighted by Gasteiger charge is -2.10. The third-order valence-electron chi connectivity index (χ3n) is 6.48. The summed E-state index contributed by atoms with van der Waals surface area (Å²) in [5.74, 6) is -0.736. The van der Waals surface area contributed by atoms with E-state index in [4.69, 9.17) is 5.26 Å². The molecule has 3 heteroatoms. The number of hydrogen-bond donors (Lipinski definition) is 0. The third-order valence-corrected chi connectivity index (χ3v) is 6.48. The summed E-state index contributed by atoms with van der Waals surface area (Å²) in [6.45, 7) is 2.21. The van der Waals surface area contributed by atoms with Gasteiger partial charge in [0.05, 0.1) is 5.56 Å². The van der Waals surface area contributed by atoms with Gasteiger partial charge in [0.15, 0.2) is 0 Å². The molecule has 0 heterocycles. The molecule has 0 atom stereocenters. The Morgan fingerprint density at radius 3 is 2.00 bits per heavy atom. The van der Waals surface area contributed by atoms with Gasteiger partial charge < -0.3 is 0 Å². The number of unbranched alkanes of at least 4 members (excludes halogenated alkanes) is 1. The van der Waals surface area contributed by atoms with E-state index in [-0.39, 0.29) is 11.4 Å². The third kappa shape index (κ3) is 5.69. The van der Waals surface area contributed by atoms with Crippen LogP contribution in [0.2, 0.25) is 0 Å². The van der Waals surface area contributed by atoms with Crippen LogP contribution in [0.15, 0.2) is 72.8 Å². The summed E-state index contributed by atoms with van der Waals surface area (Å²) in [7, 11) is 0. The monoisotopic (exact) mass is 453 g/mol. The Kier molecular flexibility index (Phi) is 7.70. The van der Waals surface area contributed by atoms with Crippen LogP contribution in [0.3, 0.4) is 0 Å². The van der Waals surface area contributed by atoms with E-state index in [1.54, 1.807) is 6.07 Å². The predicted octanol–water partition coefficient (Wildman–Crippen LogP) is 7.90. The molecule has 0 aliphatic rings. The molecule has 0 aliphatic heterocycles. The van der Waals surface area contributed by atoms with Crippen molar-refractivity contribution in [2.45, 2.75) is 51.9 Å². The van der Waals surface area contributed by atoms with Crippen molar-refractivity contribution < 1.29 is 8.78 Å². The lowest BCUT2D eigenvalue weighted by Crippen LogP contribution is -1.98. The van der Waals surface area contributed by atoms with Gasteiger partial charge in [-0.15, -0.1) is 0 Å². The Labute approximate surface area is 200 Å². The fraction of sp³-hybridized carbons (Fsp3) is 0.258. The number of benzene rings is 4. The highest BCUT2D eigenvalue weighted by atomic mass is 19.1. The second-order valence-corrected chi connectivity index (χ2v) is 8.94. The maximum Gasteiger partial charge on any atom is 0.141 e. The van der Waals surface area contributed by atoms with Gasteiger partial charge in [0.25, 0.3) is 0 Å². The fourth-order valence-corrected chi connectivity index (χ4v) is 4.36. The van der Waals surface area contributed by atoms with Crippen LogP contribution >= 0.6 is 0 Å². The van der Waals surface area contributed by atoms with Gasteiger partial charge in [-0.25, -0.2) is 8.78 Å². The first-order valence-corrected chi connectivity index (χ1v) is 12.0. The first kappa shape index (κ1) is 23.6. The zero-order chi connectivity index (χ0) is 23.9.